The van der Waals surface area contributed by atoms with Crippen molar-refractivity contribution in [2.75, 3.05) is 5.33 Å². The standard InChI is InChI=1S/C10H10BrClO/c1-7-2-3-9(12)4-8(7)5-10(13)6-11/h2-4H,5-6H2,1H3. The molecule has 0 saturated heterocycles. The van der Waals surface area contributed by atoms with Gasteiger partial charge in [0, 0.05) is 11.4 Å². The van der Waals surface area contributed by atoms with Crippen LogP contribution in [0.15, 0.2) is 18.2 Å². The van der Waals surface area contributed by atoms with Crippen molar-refractivity contribution >= 4 is 33.3 Å². The van der Waals surface area contributed by atoms with Gasteiger partial charge in [0.2, 0.25) is 0 Å². The third kappa shape index (κ3) is 3.12. The lowest BCUT2D eigenvalue weighted by molar-refractivity contribution is -0.115. The maximum atomic E-state index is 11.2. The van der Waals surface area contributed by atoms with E-state index in [4.69, 9.17) is 11.6 Å². The second-order valence-corrected chi connectivity index (χ2v) is 3.92. The number of carbonyl (C=O) groups excluding carboxylic acids is 1. The highest BCUT2D eigenvalue weighted by Gasteiger charge is 2.04. The van der Waals surface area contributed by atoms with Gasteiger partial charge in [0.25, 0.3) is 0 Å². The van der Waals surface area contributed by atoms with Gasteiger partial charge in [-0.15, -0.1) is 0 Å². The Kier molecular flexibility index (Phi) is 3.94. The monoisotopic (exact) mass is 260 g/mol. The summed E-state index contributed by atoms with van der Waals surface area (Å²) in [6.07, 6.45) is 0.456. The Balaban J connectivity index is 2.87. The summed E-state index contributed by atoms with van der Waals surface area (Å²) in [4.78, 5) is 11.2. The van der Waals surface area contributed by atoms with Crippen LogP contribution in [-0.2, 0) is 11.2 Å². The Labute approximate surface area is 91.2 Å². The zero-order valence-corrected chi connectivity index (χ0v) is 9.65. The number of Topliss-reactive ketones (excluding diaryl/α,β-unsaturated/α-hetero) is 1. The van der Waals surface area contributed by atoms with Gasteiger partial charge in [0.05, 0.1) is 5.33 Å². The number of carbonyl (C=O) groups is 1. The Morgan fingerprint density at radius 1 is 1.54 bits per heavy atom. The van der Waals surface area contributed by atoms with E-state index in [0.29, 0.717) is 16.8 Å². The van der Waals surface area contributed by atoms with E-state index in [2.05, 4.69) is 15.9 Å². The van der Waals surface area contributed by atoms with E-state index in [9.17, 15) is 4.79 Å². The first kappa shape index (κ1) is 10.7. The third-order valence-electron chi connectivity index (χ3n) is 1.85. The fraction of sp³-hybridized carbons (Fsp3) is 0.300. The SMILES string of the molecule is Cc1ccc(Cl)cc1CC(=O)CBr. The van der Waals surface area contributed by atoms with E-state index in [1.807, 2.05) is 25.1 Å². The van der Waals surface area contributed by atoms with Crippen LogP contribution in [0.3, 0.4) is 0 Å². The number of hydrogen-bond donors (Lipinski definition) is 0. The summed E-state index contributed by atoms with van der Waals surface area (Å²) >= 11 is 8.95. The molecule has 0 saturated carbocycles. The van der Waals surface area contributed by atoms with Gasteiger partial charge >= 0.3 is 0 Å². The predicted octanol–water partition coefficient (Wildman–Crippen LogP) is 3.15. The minimum Gasteiger partial charge on any atom is -0.298 e. The Hall–Kier alpha value is -0.340. The highest BCUT2D eigenvalue weighted by Crippen LogP contribution is 2.16. The molecule has 0 aliphatic rings. The first-order valence-electron chi connectivity index (χ1n) is 3.96. The van der Waals surface area contributed by atoms with E-state index < -0.39 is 0 Å². The van der Waals surface area contributed by atoms with Gasteiger partial charge in [-0.05, 0) is 30.2 Å². The van der Waals surface area contributed by atoms with Crippen molar-refractivity contribution in [3.63, 3.8) is 0 Å². The van der Waals surface area contributed by atoms with Crippen molar-refractivity contribution in [2.45, 2.75) is 13.3 Å². The second kappa shape index (κ2) is 4.77. The predicted molar refractivity (Wildman–Crippen MR) is 58.7 cm³/mol. The molecular formula is C10H10BrClO. The van der Waals surface area contributed by atoms with E-state index in [0.717, 1.165) is 11.1 Å². The molecule has 0 spiro atoms. The zero-order chi connectivity index (χ0) is 9.84. The molecule has 0 radical (unpaired) electrons. The fourth-order valence-corrected chi connectivity index (χ4v) is 1.48. The summed E-state index contributed by atoms with van der Waals surface area (Å²) in [5.41, 5.74) is 2.12. The lowest BCUT2D eigenvalue weighted by atomic mass is 10.0. The average molecular weight is 262 g/mol. The number of benzene rings is 1. The van der Waals surface area contributed by atoms with Crippen LogP contribution in [0.2, 0.25) is 5.02 Å². The Morgan fingerprint density at radius 3 is 2.85 bits per heavy atom. The summed E-state index contributed by atoms with van der Waals surface area (Å²) in [7, 11) is 0. The maximum Gasteiger partial charge on any atom is 0.147 e. The van der Waals surface area contributed by atoms with Crippen LogP contribution >= 0.6 is 27.5 Å². The number of hydrogen-bond acceptors (Lipinski definition) is 1. The van der Waals surface area contributed by atoms with Crippen LogP contribution in [0.5, 0.6) is 0 Å². The molecule has 0 bridgehead atoms. The van der Waals surface area contributed by atoms with Gasteiger partial charge in [-0.1, -0.05) is 33.6 Å². The summed E-state index contributed by atoms with van der Waals surface area (Å²) in [5, 5.41) is 1.09. The van der Waals surface area contributed by atoms with Crippen molar-refractivity contribution < 1.29 is 4.79 Å². The second-order valence-electron chi connectivity index (χ2n) is 2.92. The van der Waals surface area contributed by atoms with Gasteiger partial charge < -0.3 is 0 Å². The van der Waals surface area contributed by atoms with Crippen LogP contribution in [0.25, 0.3) is 0 Å². The normalized spacial score (nSPS) is 10.1. The van der Waals surface area contributed by atoms with Crippen molar-refractivity contribution in [3.8, 4) is 0 Å². The van der Waals surface area contributed by atoms with Crippen LogP contribution < -0.4 is 0 Å². The molecule has 0 aliphatic carbocycles. The Morgan fingerprint density at radius 2 is 2.23 bits per heavy atom. The fourth-order valence-electron chi connectivity index (χ4n) is 1.09. The molecule has 13 heavy (non-hydrogen) atoms. The van der Waals surface area contributed by atoms with E-state index >= 15 is 0 Å². The van der Waals surface area contributed by atoms with Gasteiger partial charge in [-0.25, -0.2) is 0 Å². The molecule has 1 rings (SSSR count). The zero-order valence-electron chi connectivity index (χ0n) is 7.31. The number of aryl methyl sites for hydroxylation is 1. The highest BCUT2D eigenvalue weighted by atomic mass is 79.9. The highest BCUT2D eigenvalue weighted by molar-refractivity contribution is 9.09. The quantitative estimate of drug-likeness (QED) is 0.764. The molecule has 0 amide bonds. The summed E-state index contributed by atoms with van der Waals surface area (Å²) in [6.45, 7) is 1.98. The van der Waals surface area contributed by atoms with Crippen LogP contribution in [0, 0.1) is 6.92 Å². The van der Waals surface area contributed by atoms with E-state index in [1.165, 1.54) is 0 Å². The van der Waals surface area contributed by atoms with Crippen molar-refractivity contribution in [2.24, 2.45) is 0 Å². The molecule has 0 aromatic heterocycles. The Bertz CT molecular complexity index is 323. The molecule has 0 aliphatic heterocycles. The van der Waals surface area contributed by atoms with Crippen molar-refractivity contribution in [3.05, 3.63) is 34.3 Å². The van der Waals surface area contributed by atoms with Gasteiger partial charge in [0.15, 0.2) is 0 Å². The molecule has 0 heterocycles. The van der Waals surface area contributed by atoms with Gasteiger partial charge in [-0.2, -0.15) is 0 Å². The minimum atomic E-state index is 0.172. The molecule has 0 unspecified atom stereocenters. The smallest absolute Gasteiger partial charge is 0.147 e. The molecule has 0 fully saturated rings. The third-order valence-corrected chi connectivity index (χ3v) is 2.71. The molecule has 1 aromatic carbocycles. The minimum absolute atomic E-state index is 0.172. The van der Waals surface area contributed by atoms with Crippen LogP contribution in [-0.4, -0.2) is 11.1 Å². The van der Waals surface area contributed by atoms with Gasteiger partial charge in [-0.3, -0.25) is 4.79 Å². The molecule has 0 N–H and O–H groups in total. The largest absolute Gasteiger partial charge is 0.298 e. The summed E-state index contributed by atoms with van der Waals surface area (Å²) in [5.74, 6) is 0.172. The summed E-state index contributed by atoms with van der Waals surface area (Å²) < 4.78 is 0. The number of ketones is 1. The van der Waals surface area contributed by atoms with E-state index in [1.54, 1.807) is 0 Å². The van der Waals surface area contributed by atoms with Crippen LogP contribution in [0.4, 0.5) is 0 Å². The molecular weight excluding hydrogens is 251 g/mol. The van der Waals surface area contributed by atoms with Gasteiger partial charge in [0.1, 0.15) is 5.78 Å². The van der Waals surface area contributed by atoms with E-state index in [-0.39, 0.29) is 5.78 Å². The molecule has 70 valence electrons. The lowest BCUT2D eigenvalue weighted by Gasteiger charge is -2.03. The number of alkyl halides is 1. The van der Waals surface area contributed by atoms with Crippen molar-refractivity contribution in [1.29, 1.82) is 0 Å². The molecule has 1 aromatic rings. The lowest BCUT2D eigenvalue weighted by Crippen LogP contribution is -2.04. The maximum absolute atomic E-state index is 11.2. The molecule has 1 nitrogen and oxygen atoms in total. The first-order chi connectivity index (χ1) is 6.13. The number of rotatable bonds is 3. The molecule has 0 atom stereocenters. The van der Waals surface area contributed by atoms with Crippen molar-refractivity contribution in [1.82, 2.24) is 0 Å². The molecule has 3 heteroatoms. The topological polar surface area (TPSA) is 17.1 Å². The average Bonchev–Trinajstić information content (AvgIpc) is 2.11. The first-order valence-corrected chi connectivity index (χ1v) is 5.46. The summed E-state index contributed by atoms with van der Waals surface area (Å²) in [6, 6.07) is 5.61. The van der Waals surface area contributed by atoms with Crippen LogP contribution in [0.1, 0.15) is 11.1 Å². The number of halogens is 2.